The van der Waals surface area contributed by atoms with Crippen molar-refractivity contribution in [2.75, 3.05) is 20.3 Å². The van der Waals surface area contributed by atoms with Crippen molar-refractivity contribution in [1.82, 2.24) is 0 Å². The van der Waals surface area contributed by atoms with Gasteiger partial charge in [0.25, 0.3) is 0 Å². The van der Waals surface area contributed by atoms with Crippen molar-refractivity contribution in [3.63, 3.8) is 0 Å². The number of carbonyl (C=O) groups excluding carboxylic acids is 2. The molecule has 0 aliphatic carbocycles. The second kappa shape index (κ2) is 10.1. The molecule has 0 heterocycles. The van der Waals surface area contributed by atoms with E-state index in [2.05, 4.69) is 6.07 Å². The predicted octanol–water partition coefficient (Wildman–Crippen LogP) is 4.92. The molecule has 0 amide bonds. The zero-order valence-corrected chi connectivity index (χ0v) is 17.9. The lowest BCUT2D eigenvalue weighted by Crippen LogP contribution is -2.29. The molecule has 0 N–H and O–H groups in total. The molecule has 0 spiro atoms. The number of rotatable bonds is 10. The lowest BCUT2D eigenvalue weighted by Gasteiger charge is -2.22. The van der Waals surface area contributed by atoms with E-state index in [4.69, 9.17) is 14.2 Å². The van der Waals surface area contributed by atoms with Gasteiger partial charge in [-0.25, -0.2) is 0 Å². The highest BCUT2D eigenvalue weighted by Crippen LogP contribution is 2.25. The van der Waals surface area contributed by atoms with Gasteiger partial charge in [-0.15, -0.1) is 0 Å². The molecule has 29 heavy (non-hydrogen) atoms. The van der Waals surface area contributed by atoms with Crippen LogP contribution < -0.4 is 9.47 Å². The Labute approximate surface area is 173 Å². The summed E-state index contributed by atoms with van der Waals surface area (Å²) in [5.74, 6) is 0.916. The lowest BCUT2D eigenvalue weighted by molar-refractivity contribution is -0.153. The number of benzene rings is 2. The van der Waals surface area contributed by atoms with Gasteiger partial charge in [-0.2, -0.15) is 0 Å². The Hall–Kier alpha value is -2.82. The summed E-state index contributed by atoms with van der Waals surface area (Å²) in [6.07, 6.45) is 1.31. The first-order valence-electron chi connectivity index (χ1n) is 9.77. The molecular weight excluding hydrogens is 368 g/mol. The number of hydrogen-bond donors (Lipinski definition) is 0. The Morgan fingerprint density at radius 1 is 1.00 bits per heavy atom. The fourth-order valence-corrected chi connectivity index (χ4v) is 2.85. The van der Waals surface area contributed by atoms with Crippen LogP contribution in [-0.4, -0.2) is 32.1 Å². The molecule has 0 bridgehead atoms. The van der Waals surface area contributed by atoms with E-state index >= 15 is 0 Å². The maximum absolute atomic E-state index is 12.4. The van der Waals surface area contributed by atoms with Gasteiger partial charge >= 0.3 is 5.97 Å². The zero-order chi connectivity index (χ0) is 21.4. The van der Waals surface area contributed by atoms with Crippen molar-refractivity contribution in [1.29, 1.82) is 0 Å². The summed E-state index contributed by atoms with van der Waals surface area (Å²) >= 11 is 0. The fraction of sp³-hybridized carbons (Fsp3) is 0.417. The van der Waals surface area contributed by atoms with Crippen LogP contribution >= 0.6 is 0 Å². The van der Waals surface area contributed by atoms with Gasteiger partial charge in [0.2, 0.25) is 0 Å². The third kappa shape index (κ3) is 6.63. The average molecular weight is 398 g/mol. The molecule has 5 heteroatoms. The zero-order valence-electron chi connectivity index (χ0n) is 17.9. The number of carbonyl (C=O) groups is 2. The quantitative estimate of drug-likeness (QED) is 0.323. The van der Waals surface area contributed by atoms with Gasteiger partial charge in [0.15, 0.2) is 12.4 Å². The minimum absolute atomic E-state index is 0.241. The maximum Gasteiger partial charge on any atom is 0.311 e. The van der Waals surface area contributed by atoms with E-state index in [1.54, 1.807) is 31.4 Å². The van der Waals surface area contributed by atoms with Gasteiger partial charge < -0.3 is 14.2 Å². The highest BCUT2D eigenvalue weighted by atomic mass is 16.5. The van der Waals surface area contributed by atoms with E-state index < -0.39 is 5.41 Å². The molecule has 0 saturated heterocycles. The van der Waals surface area contributed by atoms with E-state index in [0.29, 0.717) is 30.8 Å². The molecular formula is C24H30O5. The van der Waals surface area contributed by atoms with Gasteiger partial charge in [0, 0.05) is 5.56 Å². The van der Waals surface area contributed by atoms with Crippen molar-refractivity contribution in [2.45, 2.75) is 40.5 Å². The minimum atomic E-state index is -0.689. The topological polar surface area (TPSA) is 61.8 Å². The van der Waals surface area contributed by atoms with E-state index in [-0.39, 0.29) is 18.4 Å². The highest BCUT2D eigenvalue weighted by Gasteiger charge is 2.29. The number of aryl methyl sites for hydroxylation is 2. The average Bonchev–Trinajstić information content (AvgIpc) is 2.71. The number of methoxy groups -OCH3 is 1. The first-order chi connectivity index (χ1) is 13.7. The third-order valence-corrected chi connectivity index (χ3v) is 4.85. The Kier molecular flexibility index (Phi) is 7.82. The van der Waals surface area contributed by atoms with Gasteiger partial charge in [-0.05, 0) is 82.0 Å². The summed E-state index contributed by atoms with van der Waals surface area (Å²) in [7, 11) is 1.56. The Bertz CT molecular complexity index is 837. The smallest absolute Gasteiger partial charge is 0.311 e. The van der Waals surface area contributed by atoms with E-state index in [1.165, 1.54) is 0 Å². The maximum atomic E-state index is 12.4. The predicted molar refractivity (Wildman–Crippen MR) is 113 cm³/mol. The molecule has 156 valence electrons. The molecule has 0 radical (unpaired) electrons. The Morgan fingerprint density at radius 3 is 2.34 bits per heavy atom. The molecule has 0 aliphatic heterocycles. The van der Waals surface area contributed by atoms with Crippen molar-refractivity contribution >= 4 is 11.8 Å². The van der Waals surface area contributed by atoms with Crippen LogP contribution in [0.25, 0.3) is 0 Å². The molecule has 0 saturated carbocycles. The monoisotopic (exact) mass is 398 g/mol. The van der Waals surface area contributed by atoms with Gasteiger partial charge in [0.05, 0.1) is 19.1 Å². The van der Waals surface area contributed by atoms with Crippen LogP contribution in [0.5, 0.6) is 11.5 Å². The molecule has 2 rings (SSSR count). The molecule has 2 aromatic carbocycles. The second-order valence-corrected chi connectivity index (χ2v) is 7.83. The molecule has 0 atom stereocenters. The van der Waals surface area contributed by atoms with E-state index in [0.717, 1.165) is 16.9 Å². The van der Waals surface area contributed by atoms with Crippen molar-refractivity contribution < 1.29 is 23.8 Å². The SMILES string of the molecule is COc1ccc(C(=O)COC(=O)C(C)(C)CCCOc2cc(C)ccc2C)cc1. The van der Waals surface area contributed by atoms with E-state index in [1.807, 2.05) is 39.8 Å². The van der Waals surface area contributed by atoms with E-state index in [9.17, 15) is 9.59 Å². The summed E-state index contributed by atoms with van der Waals surface area (Å²) in [5.41, 5.74) is 2.03. The fourth-order valence-electron chi connectivity index (χ4n) is 2.85. The van der Waals surface area contributed by atoms with Crippen LogP contribution in [0, 0.1) is 19.3 Å². The van der Waals surface area contributed by atoms with Crippen LogP contribution in [0.2, 0.25) is 0 Å². The molecule has 0 unspecified atom stereocenters. The number of ketones is 1. The number of Topliss-reactive ketones (excluding diaryl/α,β-unsaturated/α-hetero) is 1. The largest absolute Gasteiger partial charge is 0.497 e. The first-order valence-corrected chi connectivity index (χ1v) is 9.77. The molecule has 2 aromatic rings. The van der Waals surface area contributed by atoms with Crippen molar-refractivity contribution in [3.05, 3.63) is 59.2 Å². The Morgan fingerprint density at radius 2 is 1.69 bits per heavy atom. The molecule has 5 nitrogen and oxygen atoms in total. The van der Waals surface area contributed by atoms with Gasteiger partial charge in [-0.1, -0.05) is 12.1 Å². The highest BCUT2D eigenvalue weighted by molar-refractivity contribution is 5.98. The van der Waals surface area contributed by atoms with Crippen LogP contribution in [0.4, 0.5) is 0 Å². The van der Waals surface area contributed by atoms with Crippen molar-refractivity contribution in [2.24, 2.45) is 5.41 Å². The summed E-state index contributed by atoms with van der Waals surface area (Å²) in [6, 6.07) is 12.8. The second-order valence-electron chi connectivity index (χ2n) is 7.83. The molecule has 0 fully saturated rings. The lowest BCUT2D eigenvalue weighted by atomic mass is 9.88. The summed E-state index contributed by atoms with van der Waals surface area (Å²) < 4.78 is 16.2. The van der Waals surface area contributed by atoms with Crippen LogP contribution in [-0.2, 0) is 9.53 Å². The number of ether oxygens (including phenoxy) is 3. The van der Waals surface area contributed by atoms with Crippen LogP contribution in [0.15, 0.2) is 42.5 Å². The summed E-state index contributed by atoms with van der Waals surface area (Å²) in [4.78, 5) is 24.6. The number of esters is 1. The summed E-state index contributed by atoms with van der Waals surface area (Å²) in [6.45, 7) is 7.93. The normalized spacial score (nSPS) is 11.1. The molecule has 0 aliphatic rings. The van der Waals surface area contributed by atoms with Crippen molar-refractivity contribution in [3.8, 4) is 11.5 Å². The third-order valence-electron chi connectivity index (χ3n) is 4.85. The van der Waals surface area contributed by atoms with Gasteiger partial charge in [0.1, 0.15) is 11.5 Å². The minimum Gasteiger partial charge on any atom is -0.497 e. The molecule has 0 aromatic heterocycles. The first kappa shape index (κ1) is 22.5. The van der Waals surface area contributed by atoms with Crippen LogP contribution in [0.1, 0.15) is 48.2 Å². The van der Waals surface area contributed by atoms with Crippen LogP contribution in [0.3, 0.4) is 0 Å². The Balaban J connectivity index is 1.78. The number of hydrogen-bond acceptors (Lipinski definition) is 5. The standard InChI is InChI=1S/C24H30O5/c1-17-7-8-18(2)22(15-17)28-14-6-13-24(3,4)23(26)29-16-21(25)19-9-11-20(27-5)12-10-19/h7-12,15H,6,13-14,16H2,1-5H3. The summed E-state index contributed by atoms with van der Waals surface area (Å²) in [5, 5.41) is 0. The van der Waals surface area contributed by atoms with Gasteiger partial charge in [-0.3, -0.25) is 9.59 Å².